The van der Waals surface area contributed by atoms with Crippen LogP contribution in [-0.2, 0) is 16.4 Å². The van der Waals surface area contributed by atoms with Crippen molar-refractivity contribution in [1.82, 2.24) is 14.9 Å². The van der Waals surface area contributed by atoms with Gasteiger partial charge in [0.25, 0.3) is 0 Å². The predicted octanol–water partition coefficient (Wildman–Crippen LogP) is 3.38. The van der Waals surface area contributed by atoms with Gasteiger partial charge in [-0.15, -0.1) is 10.2 Å². The molecule has 3 rings (SSSR count). The Balaban J connectivity index is 1.59. The lowest BCUT2D eigenvalue weighted by atomic mass is 10.0. The average molecular weight is 371 g/mol. The Bertz CT molecular complexity index is 949. The minimum Gasteiger partial charge on any atom is -0.421 e. The van der Waals surface area contributed by atoms with Gasteiger partial charge < -0.3 is 4.42 Å². The minimum absolute atomic E-state index is 0.185. The molecule has 3 aromatic rings. The van der Waals surface area contributed by atoms with Gasteiger partial charge in [-0.1, -0.05) is 44.2 Å². The highest BCUT2D eigenvalue weighted by Gasteiger charge is 2.15. The second-order valence-electron chi connectivity index (χ2n) is 6.24. The third-order valence-electron chi connectivity index (χ3n) is 3.98. The fraction of sp³-hybridized carbons (Fsp3) is 0.263. The molecule has 0 fully saturated rings. The molecule has 0 saturated carbocycles. The Hall–Kier alpha value is -2.51. The van der Waals surface area contributed by atoms with Crippen molar-refractivity contribution < 1.29 is 12.8 Å². The molecule has 6 nitrogen and oxygen atoms in total. The predicted molar refractivity (Wildman–Crippen MR) is 99.2 cm³/mol. The van der Waals surface area contributed by atoms with E-state index in [0.29, 0.717) is 24.1 Å². The lowest BCUT2D eigenvalue weighted by Gasteiger charge is -2.08. The normalized spacial score (nSPS) is 11.8. The lowest BCUT2D eigenvalue weighted by molar-refractivity contribution is 0.502. The number of rotatable bonds is 7. The van der Waals surface area contributed by atoms with Gasteiger partial charge in [0.15, 0.2) is 0 Å². The van der Waals surface area contributed by atoms with Gasteiger partial charge in [0.2, 0.25) is 21.8 Å². The van der Waals surface area contributed by atoms with E-state index in [1.165, 1.54) is 0 Å². The molecule has 0 atom stereocenters. The molecule has 2 aromatic carbocycles. The summed E-state index contributed by atoms with van der Waals surface area (Å²) < 4.78 is 32.8. The zero-order valence-corrected chi connectivity index (χ0v) is 15.5. The Morgan fingerprint density at radius 2 is 1.69 bits per heavy atom. The highest BCUT2D eigenvalue weighted by Crippen LogP contribution is 2.18. The number of hydrogen-bond donors (Lipinski definition) is 1. The van der Waals surface area contributed by atoms with Crippen molar-refractivity contribution in [3.63, 3.8) is 0 Å². The van der Waals surface area contributed by atoms with E-state index in [1.807, 2.05) is 42.5 Å². The number of nitrogens with zero attached hydrogens (tertiary/aromatic N) is 2. The van der Waals surface area contributed by atoms with Crippen LogP contribution in [0.5, 0.6) is 0 Å². The molecule has 0 spiro atoms. The molecule has 0 bridgehead atoms. The molecule has 1 heterocycles. The second kappa shape index (κ2) is 7.80. The number of hydrogen-bond acceptors (Lipinski definition) is 5. The third kappa shape index (κ3) is 4.36. The number of aromatic nitrogens is 2. The largest absolute Gasteiger partial charge is 0.421 e. The fourth-order valence-corrected chi connectivity index (χ4v) is 3.49. The zero-order chi connectivity index (χ0) is 18.6. The Kier molecular flexibility index (Phi) is 5.49. The summed E-state index contributed by atoms with van der Waals surface area (Å²) in [4.78, 5) is 0.248. The van der Waals surface area contributed by atoms with Gasteiger partial charge in [-0.2, -0.15) is 0 Å². The summed E-state index contributed by atoms with van der Waals surface area (Å²) in [5.41, 5.74) is 1.93. The maximum absolute atomic E-state index is 12.4. The first-order chi connectivity index (χ1) is 12.5. The molecule has 0 aliphatic heterocycles. The SMILES string of the molecule is CC(C)c1ccc(S(=O)(=O)NCCc2nnc(-c3ccccc3)o2)cc1. The summed E-state index contributed by atoms with van der Waals surface area (Å²) in [7, 11) is -3.56. The molecule has 1 N–H and O–H groups in total. The van der Waals surface area contributed by atoms with Crippen molar-refractivity contribution in [3.8, 4) is 11.5 Å². The van der Waals surface area contributed by atoms with Gasteiger partial charge in [0.1, 0.15) is 0 Å². The van der Waals surface area contributed by atoms with Crippen molar-refractivity contribution in [2.75, 3.05) is 6.54 Å². The second-order valence-corrected chi connectivity index (χ2v) is 8.01. The fourth-order valence-electron chi connectivity index (χ4n) is 2.46. The van der Waals surface area contributed by atoms with Crippen LogP contribution in [-0.4, -0.2) is 25.2 Å². The molecule has 136 valence electrons. The van der Waals surface area contributed by atoms with Gasteiger partial charge in [0.05, 0.1) is 4.90 Å². The number of benzene rings is 2. The average Bonchev–Trinajstić information content (AvgIpc) is 3.11. The van der Waals surface area contributed by atoms with Crippen molar-refractivity contribution in [2.45, 2.75) is 31.1 Å². The molecule has 0 radical (unpaired) electrons. The van der Waals surface area contributed by atoms with Gasteiger partial charge >= 0.3 is 0 Å². The molecule has 0 saturated heterocycles. The number of sulfonamides is 1. The Morgan fingerprint density at radius 1 is 1.00 bits per heavy atom. The van der Waals surface area contributed by atoms with Crippen LogP contribution in [0.4, 0.5) is 0 Å². The van der Waals surface area contributed by atoms with Crippen LogP contribution in [0.2, 0.25) is 0 Å². The first-order valence-corrected chi connectivity index (χ1v) is 9.91. The maximum atomic E-state index is 12.4. The highest BCUT2D eigenvalue weighted by molar-refractivity contribution is 7.89. The van der Waals surface area contributed by atoms with E-state index < -0.39 is 10.0 Å². The monoisotopic (exact) mass is 371 g/mol. The summed E-state index contributed by atoms with van der Waals surface area (Å²) in [5, 5.41) is 7.96. The van der Waals surface area contributed by atoms with Gasteiger partial charge in [-0.25, -0.2) is 13.1 Å². The van der Waals surface area contributed by atoms with Gasteiger partial charge in [-0.05, 0) is 35.7 Å². The standard InChI is InChI=1S/C19H21N3O3S/c1-14(2)15-8-10-17(11-9-15)26(23,24)20-13-12-18-21-22-19(25-18)16-6-4-3-5-7-16/h3-11,14,20H,12-13H2,1-2H3. The van der Waals surface area contributed by atoms with Crippen LogP contribution in [0.3, 0.4) is 0 Å². The Labute approximate surface area is 153 Å². The molecule has 7 heteroatoms. The first kappa shape index (κ1) is 18.3. The van der Waals surface area contributed by atoms with E-state index in [0.717, 1.165) is 11.1 Å². The molecule has 0 unspecified atom stereocenters. The molecule has 0 amide bonds. The smallest absolute Gasteiger partial charge is 0.247 e. The van der Waals surface area contributed by atoms with Crippen LogP contribution in [0, 0.1) is 0 Å². The summed E-state index contributed by atoms with van der Waals surface area (Å²) >= 11 is 0. The van der Waals surface area contributed by atoms with E-state index in [9.17, 15) is 8.42 Å². The molecular weight excluding hydrogens is 350 g/mol. The molecule has 0 aliphatic rings. The van der Waals surface area contributed by atoms with E-state index in [1.54, 1.807) is 12.1 Å². The highest BCUT2D eigenvalue weighted by atomic mass is 32.2. The van der Waals surface area contributed by atoms with Crippen LogP contribution in [0.25, 0.3) is 11.5 Å². The van der Waals surface area contributed by atoms with E-state index in [4.69, 9.17) is 4.42 Å². The van der Waals surface area contributed by atoms with Gasteiger partial charge in [-0.3, -0.25) is 0 Å². The maximum Gasteiger partial charge on any atom is 0.247 e. The van der Waals surface area contributed by atoms with Crippen LogP contribution >= 0.6 is 0 Å². The molecular formula is C19H21N3O3S. The van der Waals surface area contributed by atoms with Crippen LogP contribution in [0.15, 0.2) is 63.9 Å². The lowest BCUT2D eigenvalue weighted by Crippen LogP contribution is -2.26. The van der Waals surface area contributed by atoms with E-state index in [2.05, 4.69) is 28.8 Å². The summed E-state index contributed by atoms with van der Waals surface area (Å²) in [6, 6.07) is 16.4. The third-order valence-corrected chi connectivity index (χ3v) is 5.45. The Morgan fingerprint density at radius 3 is 2.35 bits per heavy atom. The zero-order valence-electron chi connectivity index (χ0n) is 14.7. The summed E-state index contributed by atoms with van der Waals surface area (Å²) in [6.07, 6.45) is 0.323. The van der Waals surface area contributed by atoms with Crippen LogP contribution < -0.4 is 4.72 Å². The van der Waals surface area contributed by atoms with Crippen molar-refractivity contribution >= 4 is 10.0 Å². The van der Waals surface area contributed by atoms with Crippen molar-refractivity contribution in [2.24, 2.45) is 0 Å². The van der Waals surface area contributed by atoms with Crippen molar-refractivity contribution in [1.29, 1.82) is 0 Å². The van der Waals surface area contributed by atoms with E-state index in [-0.39, 0.29) is 11.4 Å². The van der Waals surface area contributed by atoms with Crippen molar-refractivity contribution in [3.05, 3.63) is 66.1 Å². The van der Waals surface area contributed by atoms with E-state index >= 15 is 0 Å². The number of nitrogens with one attached hydrogen (secondary N) is 1. The van der Waals surface area contributed by atoms with Gasteiger partial charge in [0, 0.05) is 18.5 Å². The first-order valence-electron chi connectivity index (χ1n) is 8.43. The summed E-state index contributed by atoms with van der Waals surface area (Å²) in [6.45, 7) is 4.32. The molecule has 26 heavy (non-hydrogen) atoms. The molecule has 0 aliphatic carbocycles. The topological polar surface area (TPSA) is 85.1 Å². The molecule has 1 aromatic heterocycles. The van der Waals surface area contributed by atoms with Crippen LogP contribution in [0.1, 0.15) is 31.2 Å². The minimum atomic E-state index is -3.56. The quantitative estimate of drug-likeness (QED) is 0.688. The summed E-state index contributed by atoms with van der Waals surface area (Å²) in [5.74, 6) is 1.17.